The molecule has 0 aromatic heterocycles. The van der Waals surface area contributed by atoms with Crippen LogP contribution in [0.15, 0.2) is 53.4 Å². The number of amides is 2. The lowest BCUT2D eigenvalue weighted by Crippen LogP contribution is -2.47. The highest BCUT2D eigenvalue weighted by atomic mass is 32.2. The first-order valence-corrected chi connectivity index (χ1v) is 12.0. The fraction of sp³-hybridized carbons (Fsp3) is 0.435. The SMILES string of the molecule is CC(C)N(Cc1cccc(OS(=O)(=O)c2ccc(F)cc2)c1)C(=O)NC1CCCCC1. The minimum Gasteiger partial charge on any atom is -0.379 e. The number of hydrogen-bond acceptors (Lipinski definition) is 4. The molecule has 0 unspecified atom stereocenters. The van der Waals surface area contributed by atoms with Gasteiger partial charge < -0.3 is 14.4 Å². The molecule has 0 radical (unpaired) electrons. The van der Waals surface area contributed by atoms with Gasteiger partial charge in [-0.05, 0) is 68.7 Å². The number of rotatable bonds is 7. The highest BCUT2D eigenvalue weighted by Gasteiger charge is 2.22. The monoisotopic (exact) mass is 448 g/mol. The van der Waals surface area contributed by atoms with Gasteiger partial charge in [-0.15, -0.1) is 0 Å². The number of carbonyl (C=O) groups excluding carboxylic acids is 1. The van der Waals surface area contributed by atoms with Gasteiger partial charge in [-0.3, -0.25) is 0 Å². The summed E-state index contributed by atoms with van der Waals surface area (Å²) in [6.45, 7) is 4.21. The summed E-state index contributed by atoms with van der Waals surface area (Å²) in [5.74, 6) is -0.389. The summed E-state index contributed by atoms with van der Waals surface area (Å²) >= 11 is 0. The Morgan fingerprint density at radius 1 is 1.13 bits per heavy atom. The average Bonchev–Trinajstić information content (AvgIpc) is 2.72. The van der Waals surface area contributed by atoms with Gasteiger partial charge in [-0.25, -0.2) is 9.18 Å². The normalized spacial score (nSPS) is 15.0. The number of benzene rings is 2. The van der Waals surface area contributed by atoms with Crippen molar-refractivity contribution in [2.75, 3.05) is 0 Å². The Kier molecular flexibility index (Phi) is 7.54. The molecule has 2 aromatic carbocycles. The summed E-state index contributed by atoms with van der Waals surface area (Å²) in [7, 11) is -4.09. The molecule has 6 nitrogen and oxygen atoms in total. The summed E-state index contributed by atoms with van der Waals surface area (Å²) in [5.41, 5.74) is 0.749. The van der Waals surface area contributed by atoms with E-state index < -0.39 is 15.9 Å². The molecule has 31 heavy (non-hydrogen) atoms. The topological polar surface area (TPSA) is 75.7 Å². The van der Waals surface area contributed by atoms with Gasteiger partial charge in [0.2, 0.25) is 0 Å². The zero-order valence-corrected chi connectivity index (χ0v) is 18.7. The van der Waals surface area contributed by atoms with Crippen LogP contribution in [0.2, 0.25) is 0 Å². The lowest BCUT2D eigenvalue weighted by molar-refractivity contribution is 0.172. The van der Waals surface area contributed by atoms with E-state index in [1.165, 1.54) is 12.5 Å². The first kappa shape index (κ1) is 23.1. The Morgan fingerprint density at radius 2 is 1.81 bits per heavy atom. The second-order valence-electron chi connectivity index (χ2n) is 8.14. The number of hydrogen-bond donors (Lipinski definition) is 1. The minimum atomic E-state index is -4.09. The Balaban J connectivity index is 1.70. The summed E-state index contributed by atoms with van der Waals surface area (Å²) in [4.78, 5) is 14.4. The maximum atomic E-state index is 13.1. The van der Waals surface area contributed by atoms with E-state index in [1.807, 2.05) is 19.9 Å². The van der Waals surface area contributed by atoms with E-state index in [9.17, 15) is 17.6 Å². The minimum absolute atomic E-state index is 0.0314. The molecule has 1 aliphatic rings. The lowest BCUT2D eigenvalue weighted by atomic mass is 9.96. The third kappa shape index (κ3) is 6.43. The number of halogens is 1. The fourth-order valence-corrected chi connectivity index (χ4v) is 4.58. The van der Waals surface area contributed by atoms with E-state index in [1.54, 1.807) is 17.0 Å². The molecule has 0 saturated heterocycles. The molecule has 0 spiro atoms. The van der Waals surface area contributed by atoms with Crippen LogP contribution in [-0.4, -0.2) is 31.4 Å². The largest absolute Gasteiger partial charge is 0.379 e. The number of nitrogens with one attached hydrogen (secondary N) is 1. The van der Waals surface area contributed by atoms with E-state index in [-0.39, 0.29) is 28.8 Å². The van der Waals surface area contributed by atoms with Crippen LogP contribution in [0.4, 0.5) is 9.18 Å². The molecule has 2 aromatic rings. The van der Waals surface area contributed by atoms with Crippen LogP contribution < -0.4 is 9.50 Å². The van der Waals surface area contributed by atoms with Gasteiger partial charge in [-0.1, -0.05) is 31.4 Å². The van der Waals surface area contributed by atoms with Crippen LogP contribution in [-0.2, 0) is 16.7 Å². The molecule has 3 rings (SSSR count). The van der Waals surface area contributed by atoms with E-state index in [4.69, 9.17) is 4.18 Å². The summed E-state index contributed by atoms with van der Waals surface area (Å²) < 4.78 is 43.2. The fourth-order valence-electron chi connectivity index (χ4n) is 3.66. The molecule has 1 aliphatic carbocycles. The molecular formula is C23H29FN2O4S. The molecule has 0 atom stereocenters. The third-order valence-electron chi connectivity index (χ3n) is 5.38. The Labute approximate surface area is 183 Å². The van der Waals surface area contributed by atoms with Crippen LogP contribution >= 0.6 is 0 Å². The quantitative estimate of drug-likeness (QED) is 0.615. The predicted molar refractivity (Wildman–Crippen MR) is 117 cm³/mol. The molecular weight excluding hydrogens is 419 g/mol. The molecule has 0 heterocycles. The average molecular weight is 449 g/mol. The van der Waals surface area contributed by atoms with Gasteiger partial charge >= 0.3 is 16.1 Å². The first-order chi connectivity index (χ1) is 14.7. The van der Waals surface area contributed by atoms with Gasteiger partial charge in [0, 0.05) is 18.6 Å². The highest BCUT2D eigenvalue weighted by molar-refractivity contribution is 7.87. The molecule has 1 N–H and O–H groups in total. The van der Waals surface area contributed by atoms with Crippen LogP contribution in [0.5, 0.6) is 5.75 Å². The van der Waals surface area contributed by atoms with E-state index in [2.05, 4.69) is 5.32 Å². The van der Waals surface area contributed by atoms with E-state index in [0.717, 1.165) is 55.5 Å². The molecule has 0 aliphatic heterocycles. The van der Waals surface area contributed by atoms with Crippen molar-refractivity contribution in [1.82, 2.24) is 10.2 Å². The molecule has 0 bridgehead atoms. The van der Waals surface area contributed by atoms with Crippen molar-refractivity contribution < 1.29 is 21.8 Å². The van der Waals surface area contributed by atoms with Gasteiger partial charge in [0.1, 0.15) is 16.5 Å². The molecule has 1 saturated carbocycles. The Hall–Kier alpha value is -2.61. The van der Waals surface area contributed by atoms with Gasteiger partial charge in [0.15, 0.2) is 0 Å². The second-order valence-corrected chi connectivity index (χ2v) is 9.69. The number of carbonyl (C=O) groups is 1. The first-order valence-electron chi connectivity index (χ1n) is 10.6. The molecule has 2 amide bonds. The van der Waals surface area contributed by atoms with Crippen molar-refractivity contribution in [1.29, 1.82) is 0 Å². The Bertz CT molecular complexity index is 987. The van der Waals surface area contributed by atoms with Crippen molar-refractivity contribution in [3.63, 3.8) is 0 Å². The molecule has 8 heteroatoms. The van der Waals surface area contributed by atoms with E-state index >= 15 is 0 Å². The van der Waals surface area contributed by atoms with E-state index in [0.29, 0.717) is 6.54 Å². The molecule has 1 fully saturated rings. The number of nitrogens with zero attached hydrogens (tertiary/aromatic N) is 1. The zero-order valence-electron chi connectivity index (χ0n) is 17.9. The lowest BCUT2D eigenvalue weighted by Gasteiger charge is -2.31. The standard InChI is InChI=1S/C23H29FN2O4S/c1-17(2)26(23(27)25-20-8-4-3-5-9-20)16-18-7-6-10-21(15-18)30-31(28,29)22-13-11-19(24)12-14-22/h6-7,10-15,17,20H,3-5,8-9,16H2,1-2H3,(H,25,27). The highest BCUT2D eigenvalue weighted by Crippen LogP contribution is 2.22. The third-order valence-corrected chi connectivity index (χ3v) is 6.64. The summed E-state index contributed by atoms with van der Waals surface area (Å²) in [6, 6.07) is 11.1. The van der Waals surface area contributed by atoms with Crippen molar-refractivity contribution in [3.05, 3.63) is 59.9 Å². The van der Waals surface area contributed by atoms with Crippen LogP contribution in [0, 0.1) is 5.82 Å². The second kappa shape index (κ2) is 10.1. The maximum absolute atomic E-state index is 13.1. The van der Waals surface area contributed by atoms with Gasteiger partial charge in [0.25, 0.3) is 0 Å². The van der Waals surface area contributed by atoms with Crippen LogP contribution in [0.1, 0.15) is 51.5 Å². The summed E-state index contributed by atoms with van der Waals surface area (Å²) in [5, 5.41) is 3.13. The van der Waals surface area contributed by atoms with Crippen molar-refractivity contribution in [2.24, 2.45) is 0 Å². The van der Waals surface area contributed by atoms with Crippen molar-refractivity contribution >= 4 is 16.1 Å². The van der Waals surface area contributed by atoms with Crippen molar-refractivity contribution in [3.8, 4) is 5.75 Å². The maximum Gasteiger partial charge on any atom is 0.339 e. The van der Waals surface area contributed by atoms with Gasteiger partial charge in [-0.2, -0.15) is 8.42 Å². The van der Waals surface area contributed by atoms with Crippen LogP contribution in [0.25, 0.3) is 0 Å². The van der Waals surface area contributed by atoms with Crippen molar-refractivity contribution in [2.45, 2.75) is 69.5 Å². The Morgan fingerprint density at radius 3 is 2.45 bits per heavy atom. The predicted octanol–water partition coefficient (Wildman–Crippen LogP) is 4.85. The zero-order chi connectivity index (χ0) is 22.4. The molecule has 168 valence electrons. The smallest absolute Gasteiger partial charge is 0.339 e. The van der Waals surface area contributed by atoms with Crippen LogP contribution in [0.3, 0.4) is 0 Å². The number of urea groups is 1. The summed E-state index contributed by atoms with van der Waals surface area (Å²) in [6.07, 6.45) is 5.49. The van der Waals surface area contributed by atoms with Gasteiger partial charge in [0.05, 0.1) is 0 Å².